The zero-order chi connectivity index (χ0) is 17.8. The van der Waals surface area contributed by atoms with Crippen molar-refractivity contribution in [2.45, 2.75) is 44.6 Å². The zero-order valence-electron chi connectivity index (χ0n) is 14.4. The first-order chi connectivity index (χ1) is 12.1. The van der Waals surface area contributed by atoms with Crippen molar-refractivity contribution in [3.05, 3.63) is 53.3 Å². The summed E-state index contributed by atoms with van der Waals surface area (Å²) >= 11 is 0. The third-order valence-corrected chi connectivity index (χ3v) is 4.90. The van der Waals surface area contributed by atoms with Crippen molar-refractivity contribution in [1.29, 1.82) is 0 Å². The number of carbonyl (C=O) groups is 2. The second-order valence-electron chi connectivity index (χ2n) is 6.49. The summed E-state index contributed by atoms with van der Waals surface area (Å²) < 4.78 is 0. The largest absolute Gasteiger partial charge is 0.364 e. The summed E-state index contributed by atoms with van der Waals surface area (Å²) in [6.45, 7) is 2.76. The fourth-order valence-corrected chi connectivity index (χ4v) is 3.59. The van der Waals surface area contributed by atoms with Gasteiger partial charge in [-0.3, -0.25) is 14.7 Å². The average Bonchev–Trinajstić information content (AvgIpc) is 3.13. The Labute approximate surface area is 147 Å². The lowest BCUT2D eigenvalue weighted by atomic mass is 9.91. The molecule has 1 saturated heterocycles. The first-order valence-corrected chi connectivity index (χ1v) is 8.82. The van der Waals surface area contributed by atoms with Crippen molar-refractivity contribution in [3.8, 4) is 0 Å². The molecule has 6 nitrogen and oxygen atoms in total. The smallest absolute Gasteiger partial charge is 0.269 e. The number of likely N-dealkylation sites (tertiary alicyclic amines) is 1. The Hall–Kier alpha value is -2.63. The van der Waals surface area contributed by atoms with Crippen LogP contribution in [0, 0.1) is 0 Å². The Morgan fingerprint density at radius 1 is 1.32 bits per heavy atom. The molecule has 0 spiro atoms. The van der Waals surface area contributed by atoms with Crippen LogP contribution in [0.25, 0.3) is 0 Å². The molecule has 132 valence electrons. The van der Waals surface area contributed by atoms with E-state index in [2.05, 4.69) is 10.2 Å². The number of carbonyl (C=O) groups excluding carboxylic acids is 2. The fraction of sp³-hybridized carbons (Fsp3) is 0.421. The van der Waals surface area contributed by atoms with Gasteiger partial charge < -0.3 is 10.6 Å². The van der Waals surface area contributed by atoms with Gasteiger partial charge in [0.15, 0.2) is 0 Å². The first-order valence-electron chi connectivity index (χ1n) is 8.82. The summed E-state index contributed by atoms with van der Waals surface area (Å²) in [5.74, 6) is -0.583. The molecule has 2 heterocycles. The van der Waals surface area contributed by atoms with Crippen molar-refractivity contribution in [2.75, 3.05) is 6.54 Å². The second-order valence-corrected chi connectivity index (χ2v) is 6.49. The maximum atomic E-state index is 13.3. The number of nitrogens with zero attached hydrogens (tertiary/aromatic N) is 2. The Bertz CT molecular complexity index is 741. The van der Waals surface area contributed by atoms with Gasteiger partial charge in [-0.15, -0.1) is 0 Å². The molecule has 6 heteroatoms. The van der Waals surface area contributed by atoms with Crippen LogP contribution in [0.4, 0.5) is 0 Å². The minimum Gasteiger partial charge on any atom is -0.364 e. The molecular weight excluding hydrogens is 316 g/mol. The van der Waals surface area contributed by atoms with Crippen molar-refractivity contribution in [1.82, 2.24) is 15.1 Å². The molecule has 1 aliphatic rings. The van der Waals surface area contributed by atoms with Crippen LogP contribution in [0.15, 0.2) is 36.4 Å². The number of aromatic nitrogens is 2. The summed E-state index contributed by atoms with van der Waals surface area (Å²) in [6.07, 6.45) is 3.64. The van der Waals surface area contributed by atoms with E-state index in [-0.39, 0.29) is 23.6 Å². The Kier molecular flexibility index (Phi) is 5.16. The molecule has 0 radical (unpaired) electrons. The summed E-state index contributed by atoms with van der Waals surface area (Å²) in [6, 6.07) is 11.5. The molecule has 3 N–H and O–H groups in total. The highest BCUT2D eigenvalue weighted by Gasteiger charge is 2.33. The summed E-state index contributed by atoms with van der Waals surface area (Å²) in [4.78, 5) is 26.5. The predicted molar refractivity (Wildman–Crippen MR) is 94.9 cm³/mol. The molecule has 2 unspecified atom stereocenters. The Morgan fingerprint density at radius 3 is 2.72 bits per heavy atom. The van der Waals surface area contributed by atoms with E-state index in [1.54, 1.807) is 6.07 Å². The number of hydrogen-bond donors (Lipinski definition) is 2. The zero-order valence-corrected chi connectivity index (χ0v) is 14.4. The number of piperidine rings is 1. The van der Waals surface area contributed by atoms with Gasteiger partial charge in [0.25, 0.3) is 5.91 Å². The lowest BCUT2D eigenvalue weighted by Gasteiger charge is -2.37. The van der Waals surface area contributed by atoms with E-state index in [1.165, 1.54) is 0 Å². The van der Waals surface area contributed by atoms with Crippen LogP contribution in [0.2, 0.25) is 0 Å². The Balaban J connectivity index is 1.86. The molecule has 0 aliphatic carbocycles. The van der Waals surface area contributed by atoms with Crippen molar-refractivity contribution < 1.29 is 9.59 Å². The molecule has 1 aliphatic heterocycles. The van der Waals surface area contributed by atoms with E-state index in [0.717, 1.165) is 43.5 Å². The Morgan fingerprint density at radius 2 is 2.08 bits per heavy atom. The van der Waals surface area contributed by atoms with Gasteiger partial charge in [-0.05, 0) is 37.3 Å². The van der Waals surface area contributed by atoms with Gasteiger partial charge >= 0.3 is 0 Å². The van der Waals surface area contributed by atoms with Gasteiger partial charge in [-0.1, -0.05) is 37.3 Å². The standard InChI is InChI=1S/C19H24N4O2/c1-2-14(13-8-4-3-5-9-13)19(25)23-11-7-6-10-17(23)15-12-16(18(20)24)22-21-15/h3-5,8-9,12,14,17H,2,6-7,10-11H2,1H3,(H2,20,24)(H,21,22). The van der Waals surface area contributed by atoms with Crippen LogP contribution in [-0.2, 0) is 4.79 Å². The van der Waals surface area contributed by atoms with Gasteiger partial charge in [0.1, 0.15) is 5.69 Å². The number of nitrogens with one attached hydrogen (secondary N) is 1. The average molecular weight is 340 g/mol. The van der Waals surface area contributed by atoms with E-state index < -0.39 is 5.91 Å². The maximum Gasteiger partial charge on any atom is 0.269 e. The number of benzene rings is 1. The third-order valence-electron chi connectivity index (χ3n) is 4.90. The van der Waals surface area contributed by atoms with Gasteiger partial charge in [0.05, 0.1) is 17.7 Å². The number of aromatic amines is 1. The highest BCUT2D eigenvalue weighted by molar-refractivity contribution is 5.90. The van der Waals surface area contributed by atoms with E-state index in [4.69, 9.17) is 5.73 Å². The predicted octanol–water partition coefficient (Wildman–Crippen LogP) is 2.76. The quantitative estimate of drug-likeness (QED) is 0.876. The summed E-state index contributed by atoms with van der Waals surface area (Å²) in [7, 11) is 0. The van der Waals surface area contributed by atoms with Crippen molar-refractivity contribution >= 4 is 11.8 Å². The molecule has 1 aromatic heterocycles. The van der Waals surface area contributed by atoms with Crippen LogP contribution in [0.5, 0.6) is 0 Å². The lowest BCUT2D eigenvalue weighted by Crippen LogP contribution is -2.41. The minimum absolute atomic E-state index is 0.0837. The third kappa shape index (κ3) is 3.57. The van der Waals surface area contributed by atoms with Crippen molar-refractivity contribution in [3.63, 3.8) is 0 Å². The molecule has 1 fully saturated rings. The summed E-state index contributed by atoms with van der Waals surface area (Å²) in [5.41, 5.74) is 7.33. The molecule has 3 rings (SSSR count). The second kappa shape index (κ2) is 7.51. The topological polar surface area (TPSA) is 92.1 Å². The van der Waals surface area contributed by atoms with Gasteiger partial charge in [0, 0.05) is 6.54 Å². The molecule has 2 aromatic rings. The van der Waals surface area contributed by atoms with Crippen LogP contribution in [0.3, 0.4) is 0 Å². The number of primary amides is 1. The SMILES string of the molecule is CCC(C(=O)N1CCCCC1c1cc(C(N)=O)n[nH]1)c1ccccc1. The van der Waals surface area contributed by atoms with Crippen molar-refractivity contribution in [2.24, 2.45) is 5.73 Å². The number of amides is 2. The number of hydrogen-bond acceptors (Lipinski definition) is 3. The minimum atomic E-state index is -0.563. The summed E-state index contributed by atoms with van der Waals surface area (Å²) in [5, 5.41) is 6.86. The molecule has 1 aromatic carbocycles. The maximum absolute atomic E-state index is 13.3. The monoisotopic (exact) mass is 340 g/mol. The molecular formula is C19H24N4O2. The fourth-order valence-electron chi connectivity index (χ4n) is 3.59. The highest BCUT2D eigenvalue weighted by atomic mass is 16.2. The normalized spacial score (nSPS) is 18.8. The molecule has 2 amide bonds. The van der Waals surface area contributed by atoms with E-state index in [9.17, 15) is 9.59 Å². The van der Waals surface area contributed by atoms with Gasteiger partial charge in [-0.2, -0.15) is 5.10 Å². The molecule has 25 heavy (non-hydrogen) atoms. The number of H-pyrrole nitrogens is 1. The lowest BCUT2D eigenvalue weighted by molar-refractivity contribution is -0.137. The first kappa shape index (κ1) is 17.2. The molecule has 0 bridgehead atoms. The van der Waals surface area contributed by atoms with Gasteiger partial charge in [0.2, 0.25) is 5.91 Å². The number of rotatable bonds is 5. The molecule has 2 atom stereocenters. The van der Waals surface area contributed by atoms with E-state index >= 15 is 0 Å². The van der Waals surface area contributed by atoms with Crippen LogP contribution >= 0.6 is 0 Å². The van der Waals surface area contributed by atoms with E-state index in [0.29, 0.717) is 0 Å². The molecule has 0 saturated carbocycles. The van der Waals surface area contributed by atoms with Gasteiger partial charge in [-0.25, -0.2) is 0 Å². The van der Waals surface area contributed by atoms with E-state index in [1.807, 2.05) is 42.2 Å². The highest BCUT2D eigenvalue weighted by Crippen LogP contribution is 2.34. The van der Waals surface area contributed by atoms with Crippen LogP contribution in [0.1, 0.15) is 66.3 Å². The van der Waals surface area contributed by atoms with Crippen LogP contribution in [-0.4, -0.2) is 33.5 Å². The van der Waals surface area contributed by atoms with Crippen LogP contribution < -0.4 is 5.73 Å². The number of nitrogens with two attached hydrogens (primary N) is 1.